The Kier molecular flexibility index (Phi) is 4.87. The smallest absolute Gasteiger partial charge is 0.248 e. The van der Waals surface area contributed by atoms with Crippen molar-refractivity contribution >= 4 is 15.8 Å². The van der Waals surface area contributed by atoms with Crippen molar-refractivity contribution in [2.45, 2.75) is 4.90 Å². The number of likely N-dealkylation sites (N-methyl/N-ethyl adjacent to an activating group) is 1. The molecule has 9 heteroatoms. The lowest BCUT2D eigenvalue weighted by atomic mass is 10.3. The molecule has 0 bridgehead atoms. The van der Waals surface area contributed by atoms with E-state index in [0.717, 1.165) is 26.2 Å². The molecule has 0 unspecified atom stereocenters. The van der Waals surface area contributed by atoms with Crippen LogP contribution in [0.4, 0.5) is 5.82 Å². The normalized spacial score (nSPS) is 18.5. The zero-order chi connectivity index (χ0) is 15.6. The average Bonchev–Trinajstić information content (AvgIpc) is 2.76. The molecule has 0 aromatic carbocycles. The van der Waals surface area contributed by atoms with Crippen LogP contribution in [0.15, 0.2) is 11.1 Å². The predicted molar refractivity (Wildman–Crippen MR) is 81.4 cm³/mol. The topological polar surface area (TPSA) is 87.7 Å². The van der Waals surface area contributed by atoms with Gasteiger partial charge in [-0.25, -0.2) is 8.42 Å². The molecule has 0 amide bonds. The minimum absolute atomic E-state index is 0.0625. The predicted octanol–water partition coefficient (Wildman–Crippen LogP) is -1.13. The largest absolute Gasteiger partial charge is 0.381 e. The molecule has 1 aliphatic rings. The number of nitrogens with zero attached hydrogens (tertiary/aromatic N) is 5. The lowest BCUT2D eigenvalue weighted by Gasteiger charge is -2.34. The molecule has 21 heavy (non-hydrogen) atoms. The quantitative estimate of drug-likeness (QED) is 0.740. The number of nitrogen functional groups attached to an aromatic ring is 1. The fourth-order valence-corrected chi connectivity index (χ4v) is 3.87. The van der Waals surface area contributed by atoms with Gasteiger partial charge in [-0.3, -0.25) is 9.58 Å². The Balaban J connectivity index is 2.00. The van der Waals surface area contributed by atoms with Crippen LogP contribution < -0.4 is 5.73 Å². The molecular weight excluding hydrogens is 292 g/mol. The fraction of sp³-hybridized carbons (Fsp3) is 0.750. The second-order valence-electron chi connectivity index (χ2n) is 5.60. The first-order valence-corrected chi connectivity index (χ1v) is 8.41. The third-order valence-electron chi connectivity index (χ3n) is 3.63. The van der Waals surface area contributed by atoms with Crippen molar-refractivity contribution in [3.63, 3.8) is 0 Å². The van der Waals surface area contributed by atoms with Crippen molar-refractivity contribution < 1.29 is 8.42 Å². The number of anilines is 1. The van der Waals surface area contributed by atoms with Crippen LogP contribution in [-0.2, 0) is 17.1 Å². The number of nitrogens with two attached hydrogens (primary N) is 1. The minimum Gasteiger partial charge on any atom is -0.381 e. The van der Waals surface area contributed by atoms with Gasteiger partial charge in [0.05, 0.1) is 0 Å². The molecule has 1 aromatic heterocycles. The molecule has 2 heterocycles. The van der Waals surface area contributed by atoms with Gasteiger partial charge in [0.1, 0.15) is 4.90 Å². The van der Waals surface area contributed by atoms with E-state index in [4.69, 9.17) is 5.73 Å². The van der Waals surface area contributed by atoms with Crippen molar-refractivity contribution in [1.29, 1.82) is 0 Å². The summed E-state index contributed by atoms with van der Waals surface area (Å²) in [5, 5.41) is 3.91. The highest BCUT2D eigenvalue weighted by Crippen LogP contribution is 2.21. The monoisotopic (exact) mass is 316 g/mol. The van der Waals surface area contributed by atoms with E-state index in [-0.39, 0.29) is 10.7 Å². The van der Waals surface area contributed by atoms with Gasteiger partial charge in [-0.05, 0) is 14.1 Å². The molecule has 1 saturated heterocycles. The van der Waals surface area contributed by atoms with Gasteiger partial charge < -0.3 is 10.6 Å². The number of hydrogen-bond donors (Lipinski definition) is 1. The number of aromatic nitrogens is 2. The lowest BCUT2D eigenvalue weighted by molar-refractivity contribution is 0.174. The van der Waals surface area contributed by atoms with Gasteiger partial charge >= 0.3 is 0 Å². The molecule has 1 aromatic rings. The number of sulfonamides is 1. The van der Waals surface area contributed by atoms with Crippen LogP contribution in [0.2, 0.25) is 0 Å². The molecule has 1 aliphatic heterocycles. The number of piperazine rings is 1. The van der Waals surface area contributed by atoms with Gasteiger partial charge in [-0.15, -0.1) is 0 Å². The van der Waals surface area contributed by atoms with E-state index < -0.39 is 10.0 Å². The Morgan fingerprint density at radius 2 is 1.90 bits per heavy atom. The Morgan fingerprint density at radius 3 is 2.38 bits per heavy atom. The summed E-state index contributed by atoms with van der Waals surface area (Å²) < 4.78 is 28.0. The van der Waals surface area contributed by atoms with E-state index in [1.165, 1.54) is 15.2 Å². The standard InChI is InChI=1S/C12H24N6O2S/c1-15(2)4-5-17-6-8-18(9-7-17)21(19,20)11-10-16(3)14-12(11)13/h10H,4-9H2,1-3H3,(H2,13,14). The van der Waals surface area contributed by atoms with E-state index in [1.807, 2.05) is 14.1 Å². The van der Waals surface area contributed by atoms with Crippen LogP contribution in [0.3, 0.4) is 0 Å². The Labute approximate surface area is 126 Å². The minimum atomic E-state index is -3.54. The maximum Gasteiger partial charge on any atom is 0.248 e. The second kappa shape index (κ2) is 6.30. The van der Waals surface area contributed by atoms with Gasteiger partial charge in [-0.1, -0.05) is 0 Å². The van der Waals surface area contributed by atoms with Crippen LogP contribution in [0.1, 0.15) is 0 Å². The molecule has 8 nitrogen and oxygen atoms in total. The van der Waals surface area contributed by atoms with Crippen molar-refractivity contribution in [3.8, 4) is 0 Å². The summed E-state index contributed by atoms with van der Waals surface area (Å²) in [4.78, 5) is 4.50. The molecular formula is C12H24N6O2S. The molecule has 2 rings (SSSR count). The number of rotatable bonds is 5. The highest BCUT2D eigenvalue weighted by atomic mass is 32.2. The van der Waals surface area contributed by atoms with Crippen molar-refractivity contribution in [2.24, 2.45) is 7.05 Å². The number of hydrogen-bond acceptors (Lipinski definition) is 6. The highest BCUT2D eigenvalue weighted by molar-refractivity contribution is 7.89. The van der Waals surface area contributed by atoms with E-state index >= 15 is 0 Å². The molecule has 0 spiro atoms. The molecule has 0 radical (unpaired) electrons. The van der Waals surface area contributed by atoms with Gasteiger partial charge in [-0.2, -0.15) is 9.40 Å². The van der Waals surface area contributed by atoms with E-state index in [9.17, 15) is 8.42 Å². The Morgan fingerprint density at radius 1 is 1.29 bits per heavy atom. The summed E-state index contributed by atoms with van der Waals surface area (Å²) in [5.74, 6) is 0.0625. The molecule has 1 fully saturated rings. The Bertz CT molecular complexity index is 575. The van der Waals surface area contributed by atoms with Crippen LogP contribution in [-0.4, -0.2) is 85.7 Å². The average molecular weight is 316 g/mol. The third kappa shape index (κ3) is 3.73. The zero-order valence-corrected chi connectivity index (χ0v) is 13.7. The van der Waals surface area contributed by atoms with Gasteiger partial charge in [0, 0.05) is 52.5 Å². The van der Waals surface area contributed by atoms with E-state index in [2.05, 4.69) is 14.9 Å². The first-order chi connectivity index (χ1) is 9.80. The molecule has 0 aliphatic carbocycles. The van der Waals surface area contributed by atoms with Crippen LogP contribution >= 0.6 is 0 Å². The molecule has 0 atom stereocenters. The molecule has 120 valence electrons. The number of aryl methyl sites for hydroxylation is 1. The van der Waals surface area contributed by atoms with Crippen molar-refractivity contribution in [3.05, 3.63) is 6.20 Å². The molecule has 2 N–H and O–H groups in total. The summed E-state index contributed by atoms with van der Waals surface area (Å²) in [7, 11) is 2.19. The van der Waals surface area contributed by atoms with Gasteiger partial charge in [0.15, 0.2) is 5.82 Å². The summed E-state index contributed by atoms with van der Waals surface area (Å²) in [6.45, 7) is 4.40. The highest BCUT2D eigenvalue weighted by Gasteiger charge is 2.31. The van der Waals surface area contributed by atoms with Crippen LogP contribution in [0.25, 0.3) is 0 Å². The summed E-state index contributed by atoms with van der Waals surface area (Å²) >= 11 is 0. The zero-order valence-electron chi connectivity index (χ0n) is 12.9. The summed E-state index contributed by atoms with van der Waals surface area (Å²) in [6, 6.07) is 0. The third-order valence-corrected chi connectivity index (χ3v) is 5.55. The Hall–Kier alpha value is -1.16. The summed E-state index contributed by atoms with van der Waals surface area (Å²) in [5.41, 5.74) is 5.69. The maximum atomic E-state index is 12.6. The van der Waals surface area contributed by atoms with Crippen LogP contribution in [0, 0.1) is 0 Å². The van der Waals surface area contributed by atoms with E-state index in [0.29, 0.717) is 13.1 Å². The van der Waals surface area contributed by atoms with Crippen molar-refractivity contribution in [2.75, 3.05) is 59.1 Å². The lowest BCUT2D eigenvalue weighted by Crippen LogP contribution is -2.49. The maximum absolute atomic E-state index is 12.6. The van der Waals surface area contributed by atoms with Crippen molar-refractivity contribution in [1.82, 2.24) is 23.9 Å². The van der Waals surface area contributed by atoms with Gasteiger partial charge in [0.25, 0.3) is 0 Å². The van der Waals surface area contributed by atoms with E-state index in [1.54, 1.807) is 7.05 Å². The first-order valence-electron chi connectivity index (χ1n) is 6.97. The fourth-order valence-electron chi connectivity index (χ4n) is 2.36. The molecule has 0 saturated carbocycles. The SMILES string of the molecule is CN(C)CCN1CCN(S(=O)(=O)c2cn(C)nc2N)CC1. The van der Waals surface area contributed by atoms with Gasteiger partial charge in [0.2, 0.25) is 10.0 Å². The van der Waals surface area contributed by atoms with Crippen LogP contribution in [0.5, 0.6) is 0 Å². The summed E-state index contributed by atoms with van der Waals surface area (Å²) in [6.07, 6.45) is 1.46. The first kappa shape index (κ1) is 16.2. The second-order valence-corrected chi connectivity index (χ2v) is 7.51.